The summed E-state index contributed by atoms with van der Waals surface area (Å²) in [6.07, 6.45) is 1.72. The lowest BCUT2D eigenvalue weighted by molar-refractivity contribution is -0.106. The highest BCUT2D eigenvalue weighted by atomic mass is 16.3. The summed E-state index contributed by atoms with van der Waals surface area (Å²) < 4.78 is 9.78. The van der Waals surface area contributed by atoms with Gasteiger partial charge in [-0.05, 0) is 24.3 Å². The maximum atomic E-state index is 10.7. The van der Waals surface area contributed by atoms with E-state index in [1.165, 1.54) is 6.26 Å². The molecule has 112 valence electrons. The maximum Gasteiger partial charge on any atom is 0.284 e. The van der Waals surface area contributed by atoms with E-state index in [0.29, 0.717) is 11.3 Å². The van der Waals surface area contributed by atoms with Crippen LogP contribution in [-0.4, -0.2) is 12.3 Å². The first-order chi connectivity index (χ1) is 10.6. The minimum atomic E-state index is -0.536. The van der Waals surface area contributed by atoms with Crippen LogP contribution in [0.2, 0.25) is 0 Å². The number of fused-ring (bicyclic) bond motifs is 1. The monoisotopic (exact) mass is 299 g/mol. The Kier molecular flexibility index (Phi) is 6.46. The standard InChI is InChI=1S/C9H7NO2.C5H3NO.CH3NO/c10-9(11)8-5-6-3-1-2-4-7(6)12-8;6-4-5-2-1-3-7-5;2-1-3/h1-5H,(H2,10,11);1-3H;1H,(H2,2,3). The zero-order chi connectivity index (χ0) is 16.4. The van der Waals surface area contributed by atoms with E-state index in [1.54, 1.807) is 24.3 Å². The van der Waals surface area contributed by atoms with Crippen LogP contribution < -0.4 is 11.5 Å². The predicted octanol–water partition coefficient (Wildman–Crippen LogP) is 1.78. The molecular weight excluding hydrogens is 286 g/mol. The molecule has 0 atom stereocenters. The fraction of sp³-hybridized carbons (Fsp3) is 0. The maximum absolute atomic E-state index is 10.7. The van der Waals surface area contributed by atoms with Crippen LogP contribution in [0.1, 0.15) is 16.3 Å². The van der Waals surface area contributed by atoms with E-state index in [1.807, 2.05) is 24.3 Å². The third-order valence-corrected chi connectivity index (χ3v) is 2.30. The zero-order valence-corrected chi connectivity index (χ0v) is 11.4. The lowest BCUT2D eigenvalue weighted by atomic mass is 10.2. The van der Waals surface area contributed by atoms with E-state index >= 15 is 0 Å². The quantitative estimate of drug-likeness (QED) is 0.660. The number of furan rings is 2. The van der Waals surface area contributed by atoms with E-state index in [-0.39, 0.29) is 12.2 Å². The molecule has 0 radical (unpaired) electrons. The highest BCUT2D eigenvalue weighted by molar-refractivity contribution is 5.94. The average molecular weight is 299 g/mol. The van der Waals surface area contributed by atoms with Crippen molar-refractivity contribution in [3.05, 3.63) is 60.2 Å². The predicted molar refractivity (Wildman–Crippen MR) is 78.4 cm³/mol. The van der Waals surface area contributed by atoms with E-state index < -0.39 is 5.91 Å². The molecule has 0 saturated heterocycles. The van der Waals surface area contributed by atoms with Gasteiger partial charge in [0, 0.05) is 5.39 Å². The Balaban J connectivity index is 0.000000206. The third kappa shape index (κ3) is 4.86. The van der Waals surface area contributed by atoms with Gasteiger partial charge in [0.05, 0.1) is 6.26 Å². The Labute approximate surface area is 125 Å². The molecule has 3 rings (SSSR count). The largest absolute Gasteiger partial charge is 0.454 e. The first-order valence-corrected chi connectivity index (χ1v) is 5.99. The second kappa shape index (κ2) is 8.60. The highest BCUT2D eigenvalue weighted by Crippen LogP contribution is 2.17. The van der Waals surface area contributed by atoms with Gasteiger partial charge < -0.3 is 20.3 Å². The summed E-state index contributed by atoms with van der Waals surface area (Å²) in [5.74, 6) is 0.0300. The van der Waals surface area contributed by atoms with Crippen LogP contribution >= 0.6 is 0 Å². The molecule has 0 bridgehead atoms. The number of para-hydroxylation sites is 1. The number of benzene rings is 1. The van der Waals surface area contributed by atoms with Crippen LogP contribution in [0, 0.1) is 11.3 Å². The number of amides is 2. The number of nitriles is 1. The zero-order valence-electron chi connectivity index (χ0n) is 11.4. The van der Waals surface area contributed by atoms with Crippen LogP contribution in [-0.2, 0) is 4.79 Å². The number of hydrogen-bond donors (Lipinski definition) is 2. The van der Waals surface area contributed by atoms with Crippen LogP contribution in [0.5, 0.6) is 0 Å². The van der Waals surface area contributed by atoms with E-state index in [2.05, 4.69) is 10.2 Å². The topological polar surface area (TPSA) is 136 Å². The Bertz CT molecular complexity index is 737. The number of nitrogens with two attached hydrogens (primary N) is 2. The van der Waals surface area contributed by atoms with Crippen molar-refractivity contribution >= 4 is 23.3 Å². The van der Waals surface area contributed by atoms with Gasteiger partial charge in [-0.25, -0.2) is 0 Å². The molecule has 0 unspecified atom stereocenters. The minimum absolute atomic E-state index is 0.205. The summed E-state index contributed by atoms with van der Waals surface area (Å²) in [7, 11) is 0. The molecule has 1 aromatic carbocycles. The number of nitrogens with zero attached hydrogens (tertiary/aromatic N) is 1. The van der Waals surface area contributed by atoms with Gasteiger partial charge in [-0.3, -0.25) is 9.59 Å². The first kappa shape index (κ1) is 16.5. The van der Waals surface area contributed by atoms with Crippen molar-refractivity contribution in [2.75, 3.05) is 0 Å². The van der Waals surface area contributed by atoms with Crippen molar-refractivity contribution in [1.82, 2.24) is 0 Å². The second-order valence-electron chi connectivity index (χ2n) is 3.74. The van der Waals surface area contributed by atoms with Gasteiger partial charge in [-0.15, -0.1) is 0 Å². The van der Waals surface area contributed by atoms with Crippen molar-refractivity contribution in [3.63, 3.8) is 0 Å². The lowest BCUT2D eigenvalue weighted by Crippen LogP contribution is -2.08. The molecule has 2 heterocycles. The van der Waals surface area contributed by atoms with Gasteiger partial charge in [0.25, 0.3) is 5.91 Å². The number of primary amides is 2. The van der Waals surface area contributed by atoms with Crippen LogP contribution in [0.3, 0.4) is 0 Å². The van der Waals surface area contributed by atoms with Crippen molar-refractivity contribution in [1.29, 1.82) is 5.26 Å². The number of carbonyl (C=O) groups is 2. The third-order valence-electron chi connectivity index (χ3n) is 2.30. The van der Waals surface area contributed by atoms with E-state index in [9.17, 15) is 4.79 Å². The smallest absolute Gasteiger partial charge is 0.284 e. The summed E-state index contributed by atoms with van der Waals surface area (Å²) in [5, 5.41) is 8.98. The molecule has 2 amide bonds. The van der Waals surface area contributed by atoms with Gasteiger partial charge in [0.1, 0.15) is 11.7 Å². The molecule has 7 heteroatoms. The van der Waals surface area contributed by atoms with Gasteiger partial charge in [0.15, 0.2) is 5.76 Å². The Morgan fingerprint density at radius 1 is 1.23 bits per heavy atom. The lowest BCUT2D eigenvalue weighted by Gasteiger charge is -1.83. The summed E-state index contributed by atoms with van der Waals surface area (Å²) in [4.78, 5) is 19.3. The molecule has 0 aliphatic carbocycles. The summed E-state index contributed by atoms with van der Waals surface area (Å²) in [6, 6.07) is 14.1. The second-order valence-corrected chi connectivity index (χ2v) is 3.74. The molecule has 0 fully saturated rings. The molecular formula is C15H13N3O4. The SMILES string of the molecule is N#Cc1ccco1.NC(=O)c1cc2ccccc2o1.NC=O. The van der Waals surface area contributed by atoms with E-state index in [4.69, 9.17) is 20.2 Å². The molecule has 7 nitrogen and oxygen atoms in total. The van der Waals surface area contributed by atoms with Crippen molar-refractivity contribution in [2.45, 2.75) is 0 Å². The fourth-order valence-electron chi connectivity index (χ4n) is 1.45. The van der Waals surface area contributed by atoms with Crippen molar-refractivity contribution in [3.8, 4) is 6.07 Å². The van der Waals surface area contributed by atoms with Gasteiger partial charge >= 0.3 is 0 Å². The Hall–Kier alpha value is -3.53. The van der Waals surface area contributed by atoms with Crippen LogP contribution in [0.15, 0.2) is 57.6 Å². The molecule has 0 aliphatic rings. The fourth-order valence-corrected chi connectivity index (χ4v) is 1.45. The molecule has 22 heavy (non-hydrogen) atoms. The number of hydrogen-bond acceptors (Lipinski definition) is 5. The van der Waals surface area contributed by atoms with Gasteiger partial charge in [-0.2, -0.15) is 5.26 Å². The molecule has 3 aromatic rings. The summed E-state index contributed by atoms with van der Waals surface area (Å²) in [5.41, 5.74) is 9.90. The molecule has 4 N–H and O–H groups in total. The molecule has 2 aromatic heterocycles. The molecule has 0 spiro atoms. The highest BCUT2D eigenvalue weighted by Gasteiger charge is 2.06. The first-order valence-electron chi connectivity index (χ1n) is 5.99. The van der Waals surface area contributed by atoms with Gasteiger partial charge in [-0.1, -0.05) is 18.2 Å². The van der Waals surface area contributed by atoms with E-state index in [0.717, 1.165) is 5.39 Å². The number of carbonyl (C=O) groups excluding carboxylic acids is 2. The Morgan fingerprint density at radius 2 is 1.91 bits per heavy atom. The summed E-state index contributed by atoms with van der Waals surface area (Å²) >= 11 is 0. The molecule has 0 saturated carbocycles. The summed E-state index contributed by atoms with van der Waals surface area (Å²) in [6.45, 7) is 0. The minimum Gasteiger partial charge on any atom is -0.454 e. The Morgan fingerprint density at radius 3 is 2.36 bits per heavy atom. The van der Waals surface area contributed by atoms with Crippen LogP contribution in [0.25, 0.3) is 11.0 Å². The van der Waals surface area contributed by atoms with Crippen molar-refractivity contribution in [2.24, 2.45) is 11.5 Å². The van der Waals surface area contributed by atoms with Crippen molar-refractivity contribution < 1.29 is 18.4 Å². The molecule has 0 aliphatic heterocycles. The number of rotatable bonds is 1. The normalized spacial score (nSPS) is 8.68. The van der Waals surface area contributed by atoms with Crippen LogP contribution in [0.4, 0.5) is 0 Å². The average Bonchev–Trinajstić information content (AvgIpc) is 3.18. The van der Waals surface area contributed by atoms with Gasteiger partial charge in [0.2, 0.25) is 12.2 Å².